The molecule has 0 saturated heterocycles. The molecule has 0 aliphatic heterocycles. The molecule has 1 aromatic heterocycles. The van der Waals surface area contributed by atoms with Crippen LogP contribution in [-0.4, -0.2) is 18.1 Å². The fourth-order valence-corrected chi connectivity index (χ4v) is 1.96. The van der Waals surface area contributed by atoms with E-state index >= 15 is 0 Å². The molecule has 1 N–H and O–H groups in total. The van der Waals surface area contributed by atoms with Gasteiger partial charge >= 0.3 is 0 Å². The summed E-state index contributed by atoms with van der Waals surface area (Å²) >= 11 is 0. The van der Waals surface area contributed by atoms with Crippen LogP contribution < -0.4 is 10.1 Å². The highest BCUT2D eigenvalue weighted by atomic mass is 16.5. The van der Waals surface area contributed by atoms with Crippen LogP contribution >= 0.6 is 0 Å². The summed E-state index contributed by atoms with van der Waals surface area (Å²) in [6.45, 7) is 7.13. The van der Waals surface area contributed by atoms with Gasteiger partial charge in [0.1, 0.15) is 5.75 Å². The number of nitrogens with zero attached hydrogens (tertiary/aromatic N) is 1. The van der Waals surface area contributed by atoms with Gasteiger partial charge in [0.2, 0.25) is 0 Å². The third-order valence-corrected chi connectivity index (χ3v) is 3.37. The van der Waals surface area contributed by atoms with Crippen molar-refractivity contribution in [1.82, 2.24) is 10.3 Å². The van der Waals surface area contributed by atoms with Gasteiger partial charge in [-0.25, -0.2) is 0 Å². The fourth-order valence-electron chi connectivity index (χ4n) is 1.96. The zero-order valence-corrected chi connectivity index (χ0v) is 11.5. The minimum atomic E-state index is 0.676. The molecule has 100 valence electrons. The summed E-state index contributed by atoms with van der Waals surface area (Å²) in [4.78, 5) is 4.41. The van der Waals surface area contributed by atoms with Gasteiger partial charge in [-0.1, -0.05) is 20.3 Å². The molecule has 1 heterocycles. The summed E-state index contributed by atoms with van der Waals surface area (Å²) in [6, 6.07) is 4.07. The lowest BCUT2D eigenvalue weighted by Crippen LogP contribution is -2.20. The average Bonchev–Trinajstić information content (AvgIpc) is 2.28. The first-order valence-corrected chi connectivity index (χ1v) is 7.02. The van der Waals surface area contributed by atoms with Gasteiger partial charge in [-0.3, -0.25) is 4.98 Å². The molecule has 0 bridgehead atoms. The van der Waals surface area contributed by atoms with Gasteiger partial charge in [0.25, 0.3) is 0 Å². The molecule has 1 aromatic rings. The van der Waals surface area contributed by atoms with Crippen LogP contribution in [0.5, 0.6) is 5.75 Å². The molecular weight excluding hydrogens is 224 g/mol. The van der Waals surface area contributed by atoms with E-state index in [1.807, 2.05) is 18.3 Å². The van der Waals surface area contributed by atoms with Crippen molar-refractivity contribution in [2.24, 2.45) is 11.8 Å². The van der Waals surface area contributed by atoms with E-state index in [0.717, 1.165) is 37.1 Å². The minimum absolute atomic E-state index is 0.676. The molecule has 1 aliphatic rings. The Balaban J connectivity index is 1.70. The maximum atomic E-state index is 5.72. The van der Waals surface area contributed by atoms with E-state index in [9.17, 15) is 0 Å². The van der Waals surface area contributed by atoms with Crippen molar-refractivity contribution >= 4 is 0 Å². The van der Waals surface area contributed by atoms with E-state index in [0.29, 0.717) is 5.92 Å². The van der Waals surface area contributed by atoms with Gasteiger partial charge < -0.3 is 10.1 Å². The van der Waals surface area contributed by atoms with E-state index in [-0.39, 0.29) is 0 Å². The first-order chi connectivity index (χ1) is 8.74. The summed E-state index contributed by atoms with van der Waals surface area (Å²) in [5.41, 5.74) is 1.08. The Hall–Kier alpha value is -1.09. The molecule has 0 aromatic carbocycles. The predicted octanol–water partition coefficient (Wildman–Crippen LogP) is 3.01. The molecule has 0 unspecified atom stereocenters. The van der Waals surface area contributed by atoms with E-state index in [1.165, 1.54) is 19.3 Å². The second-order valence-corrected chi connectivity index (χ2v) is 5.62. The minimum Gasteiger partial charge on any atom is -0.492 e. The average molecular weight is 248 g/mol. The Kier molecular flexibility index (Phi) is 5.00. The van der Waals surface area contributed by atoms with Crippen LogP contribution in [0.1, 0.15) is 38.8 Å². The van der Waals surface area contributed by atoms with Crippen molar-refractivity contribution in [2.45, 2.75) is 39.7 Å². The Bertz CT molecular complexity index is 344. The Morgan fingerprint density at radius 1 is 1.39 bits per heavy atom. The zero-order chi connectivity index (χ0) is 12.8. The van der Waals surface area contributed by atoms with Crippen molar-refractivity contribution < 1.29 is 4.74 Å². The van der Waals surface area contributed by atoms with Crippen molar-refractivity contribution in [2.75, 3.05) is 13.2 Å². The SMILES string of the molecule is CC(C)CNCc1ccc(OCC2CCC2)cn1. The molecule has 3 heteroatoms. The number of hydrogen-bond acceptors (Lipinski definition) is 3. The lowest BCUT2D eigenvalue weighted by atomic mass is 9.86. The summed E-state index contributed by atoms with van der Waals surface area (Å²) in [7, 11) is 0. The van der Waals surface area contributed by atoms with E-state index in [1.54, 1.807) is 0 Å². The van der Waals surface area contributed by atoms with Gasteiger partial charge in [0, 0.05) is 6.54 Å². The normalized spacial score (nSPS) is 15.7. The largest absolute Gasteiger partial charge is 0.492 e. The Morgan fingerprint density at radius 2 is 2.22 bits per heavy atom. The predicted molar refractivity (Wildman–Crippen MR) is 73.6 cm³/mol. The van der Waals surface area contributed by atoms with Crippen LogP contribution in [0.25, 0.3) is 0 Å². The monoisotopic (exact) mass is 248 g/mol. The van der Waals surface area contributed by atoms with E-state index in [2.05, 4.69) is 24.1 Å². The third-order valence-electron chi connectivity index (χ3n) is 3.37. The van der Waals surface area contributed by atoms with Crippen LogP contribution in [0.3, 0.4) is 0 Å². The highest BCUT2D eigenvalue weighted by Gasteiger charge is 2.17. The molecule has 0 amide bonds. The highest BCUT2D eigenvalue weighted by molar-refractivity contribution is 5.19. The number of pyridine rings is 1. The number of hydrogen-bond donors (Lipinski definition) is 1. The van der Waals surface area contributed by atoms with Gasteiger partial charge in [-0.15, -0.1) is 0 Å². The van der Waals surface area contributed by atoms with Crippen LogP contribution in [0.15, 0.2) is 18.3 Å². The summed E-state index contributed by atoms with van der Waals surface area (Å²) < 4.78 is 5.72. The molecule has 1 aliphatic carbocycles. The fraction of sp³-hybridized carbons (Fsp3) is 0.667. The van der Waals surface area contributed by atoms with E-state index < -0.39 is 0 Å². The smallest absolute Gasteiger partial charge is 0.137 e. The molecule has 2 rings (SSSR count). The first kappa shape index (κ1) is 13.3. The van der Waals surface area contributed by atoms with Crippen molar-refractivity contribution in [3.63, 3.8) is 0 Å². The number of ether oxygens (including phenoxy) is 1. The van der Waals surface area contributed by atoms with E-state index in [4.69, 9.17) is 4.74 Å². The number of rotatable bonds is 7. The maximum Gasteiger partial charge on any atom is 0.137 e. The number of aromatic nitrogens is 1. The Labute approximate surface area is 110 Å². The van der Waals surface area contributed by atoms with Crippen molar-refractivity contribution in [3.05, 3.63) is 24.0 Å². The first-order valence-electron chi connectivity index (χ1n) is 7.02. The quantitative estimate of drug-likeness (QED) is 0.805. The molecule has 3 nitrogen and oxygen atoms in total. The van der Waals surface area contributed by atoms with Crippen LogP contribution in [0.4, 0.5) is 0 Å². The molecule has 0 atom stereocenters. The van der Waals surface area contributed by atoms with Gasteiger partial charge in [-0.05, 0) is 43.4 Å². The van der Waals surface area contributed by atoms with Crippen LogP contribution in [0, 0.1) is 11.8 Å². The highest BCUT2D eigenvalue weighted by Crippen LogP contribution is 2.26. The second kappa shape index (κ2) is 6.74. The molecule has 0 radical (unpaired) electrons. The molecule has 18 heavy (non-hydrogen) atoms. The van der Waals surface area contributed by atoms with Gasteiger partial charge in [0.15, 0.2) is 0 Å². The lowest BCUT2D eigenvalue weighted by molar-refractivity contribution is 0.180. The summed E-state index contributed by atoms with van der Waals surface area (Å²) in [6.07, 6.45) is 5.85. The second-order valence-electron chi connectivity index (χ2n) is 5.62. The molecule has 1 saturated carbocycles. The van der Waals surface area contributed by atoms with Gasteiger partial charge in [-0.2, -0.15) is 0 Å². The third kappa shape index (κ3) is 4.30. The molecule has 0 spiro atoms. The topological polar surface area (TPSA) is 34.1 Å². The van der Waals surface area contributed by atoms with Crippen LogP contribution in [-0.2, 0) is 6.54 Å². The standard InChI is InChI=1S/C15H24N2O/c1-12(2)8-16-9-14-6-7-15(10-17-14)18-11-13-4-3-5-13/h6-7,10,12-13,16H,3-5,8-9,11H2,1-2H3. The number of nitrogens with one attached hydrogen (secondary N) is 1. The van der Waals surface area contributed by atoms with Crippen LogP contribution in [0.2, 0.25) is 0 Å². The Morgan fingerprint density at radius 3 is 2.78 bits per heavy atom. The van der Waals surface area contributed by atoms with Crippen molar-refractivity contribution in [1.29, 1.82) is 0 Å². The van der Waals surface area contributed by atoms with Crippen molar-refractivity contribution in [3.8, 4) is 5.75 Å². The maximum absolute atomic E-state index is 5.72. The summed E-state index contributed by atoms with van der Waals surface area (Å²) in [5.74, 6) is 2.35. The lowest BCUT2D eigenvalue weighted by Gasteiger charge is -2.25. The zero-order valence-electron chi connectivity index (χ0n) is 11.5. The molecule has 1 fully saturated rings. The molecular formula is C15H24N2O. The summed E-state index contributed by atoms with van der Waals surface area (Å²) in [5, 5.41) is 3.39. The van der Waals surface area contributed by atoms with Gasteiger partial charge in [0.05, 0.1) is 18.5 Å².